The summed E-state index contributed by atoms with van der Waals surface area (Å²) in [6, 6.07) is 7.82. The minimum absolute atomic E-state index is 0.000532. The van der Waals surface area contributed by atoms with Crippen molar-refractivity contribution in [2.24, 2.45) is 5.92 Å². The van der Waals surface area contributed by atoms with Gasteiger partial charge < -0.3 is 16.0 Å². The molecule has 3 heterocycles. The van der Waals surface area contributed by atoms with Crippen molar-refractivity contribution < 1.29 is 4.79 Å². The SMILES string of the molecule is Nc1ccc(/C=C/C(=O)N[C@H]2CN3CCC2CC3)cc1. The summed E-state index contributed by atoms with van der Waals surface area (Å²) in [6.07, 6.45) is 5.87. The molecule has 3 aliphatic heterocycles. The molecule has 106 valence electrons. The van der Waals surface area contributed by atoms with Crippen molar-refractivity contribution >= 4 is 17.7 Å². The van der Waals surface area contributed by atoms with Gasteiger partial charge in [0.2, 0.25) is 5.91 Å². The number of hydrogen-bond donors (Lipinski definition) is 2. The van der Waals surface area contributed by atoms with E-state index in [9.17, 15) is 4.79 Å². The monoisotopic (exact) mass is 271 g/mol. The summed E-state index contributed by atoms with van der Waals surface area (Å²) in [5, 5.41) is 3.14. The van der Waals surface area contributed by atoms with Gasteiger partial charge in [-0.05, 0) is 55.6 Å². The first-order valence-corrected chi connectivity index (χ1v) is 7.27. The van der Waals surface area contributed by atoms with Gasteiger partial charge in [-0.15, -0.1) is 0 Å². The highest BCUT2D eigenvalue weighted by Crippen LogP contribution is 2.27. The molecule has 1 amide bonds. The summed E-state index contributed by atoms with van der Waals surface area (Å²) in [7, 11) is 0. The van der Waals surface area contributed by atoms with Gasteiger partial charge in [-0.1, -0.05) is 12.1 Å². The topological polar surface area (TPSA) is 58.4 Å². The van der Waals surface area contributed by atoms with Crippen LogP contribution in [-0.4, -0.2) is 36.5 Å². The van der Waals surface area contributed by atoms with Crippen LogP contribution in [0.5, 0.6) is 0 Å². The summed E-state index contributed by atoms with van der Waals surface area (Å²) in [6.45, 7) is 3.39. The van der Waals surface area contributed by atoms with Crippen LogP contribution < -0.4 is 11.1 Å². The number of rotatable bonds is 3. The Bertz CT molecular complexity index is 501. The van der Waals surface area contributed by atoms with Gasteiger partial charge in [0.1, 0.15) is 0 Å². The van der Waals surface area contributed by atoms with E-state index in [1.165, 1.54) is 25.9 Å². The van der Waals surface area contributed by atoms with E-state index in [2.05, 4.69) is 10.2 Å². The molecule has 3 saturated heterocycles. The zero-order chi connectivity index (χ0) is 13.9. The average molecular weight is 271 g/mol. The molecule has 0 unspecified atom stereocenters. The van der Waals surface area contributed by atoms with Gasteiger partial charge in [0.15, 0.2) is 0 Å². The number of nitrogen functional groups attached to an aromatic ring is 1. The third-order valence-electron chi connectivity index (χ3n) is 4.35. The lowest BCUT2D eigenvalue weighted by Crippen LogP contribution is -2.57. The number of piperidine rings is 3. The molecule has 4 heteroatoms. The van der Waals surface area contributed by atoms with Crippen LogP contribution in [0.1, 0.15) is 18.4 Å². The van der Waals surface area contributed by atoms with Gasteiger partial charge in [0.25, 0.3) is 0 Å². The second kappa shape index (κ2) is 5.67. The molecular weight excluding hydrogens is 250 g/mol. The van der Waals surface area contributed by atoms with Crippen LogP contribution in [0, 0.1) is 5.92 Å². The minimum Gasteiger partial charge on any atom is -0.399 e. The zero-order valence-electron chi connectivity index (χ0n) is 11.6. The lowest BCUT2D eigenvalue weighted by molar-refractivity contribution is -0.118. The van der Waals surface area contributed by atoms with Crippen LogP contribution in [0.15, 0.2) is 30.3 Å². The fourth-order valence-electron chi connectivity index (χ4n) is 3.14. The van der Waals surface area contributed by atoms with Crippen LogP contribution in [0.3, 0.4) is 0 Å². The van der Waals surface area contributed by atoms with E-state index >= 15 is 0 Å². The Balaban J connectivity index is 1.55. The fraction of sp³-hybridized carbons (Fsp3) is 0.438. The molecule has 4 rings (SSSR count). The highest BCUT2D eigenvalue weighted by molar-refractivity contribution is 5.92. The maximum absolute atomic E-state index is 12.0. The number of amides is 1. The fourth-order valence-corrected chi connectivity index (χ4v) is 3.14. The van der Waals surface area contributed by atoms with E-state index in [-0.39, 0.29) is 5.91 Å². The molecule has 0 aromatic heterocycles. The highest BCUT2D eigenvalue weighted by Gasteiger charge is 2.34. The Morgan fingerprint density at radius 2 is 1.95 bits per heavy atom. The summed E-state index contributed by atoms with van der Waals surface area (Å²) in [5.74, 6) is 0.662. The molecular formula is C16H21N3O. The lowest BCUT2D eigenvalue weighted by atomic mass is 9.84. The molecule has 1 aromatic rings. The van der Waals surface area contributed by atoms with E-state index in [1.54, 1.807) is 6.08 Å². The Morgan fingerprint density at radius 1 is 1.25 bits per heavy atom. The molecule has 3 aliphatic rings. The molecule has 0 saturated carbocycles. The van der Waals surface area contributed by atoms with Crippen molar-refractivity contribution in [1.29, 1.82) is 0 Å². The largest absolute Gasteiger partial charge is 0.399 e. The number of hydrogen-bond acceptors (Lipinski definition) is 3. The Hall–Kier alpha value is -1.81. The number of benzene rings is 1. The van der Waals surface area contributed by atoms with Gasteiger partial charge in [0.05, 0.1) is 0 Å². The molecule has 0 radical (unpaired) electrons. The average Bonchev–Trinajstić information content (AvgIpc) is 2.48. The summed E-state index contributed by atoms with van der Waals surface area (Å²) >= 11 is 0. The number of fused-ring (bicyclic) bond motifs is 3. The zero-order valence-corrected chi connectivity index (χ0v) is 11.6. The van der Waals surface area contributed by atoms with Crippen LogP contribution in [0.4, 0.5) is 5.69 Å². The van der Waals surface area contributed by atoms with Crippen molar-refractivity contribution in [1.82, 2.24) is 10.2 Å². The highest BCUT2D eigenvalue weighted by atomic mass is 16.1. The Morgan fingerprint density at radius 3 is 2.55 bits per heavy atom. The Labute approximate surface area is 119 Å². The van der Waals surface area contributed by atoms with Crippen molar-refractivity contribution in [2.75, 3.05) is 25.4 Å². The van der Waals surface area contributed by atoms with Crippen molar-refractivity contribution in [3.8, 4) is 0 Å². The normalized spacial score (nSPS) is 28.7. The van der Waals surface area contributed by atoms with Crippen molar-refractivity contribution in [2.45, 2.75) is 18.9 Å². The third kappa shape index (κ3) is 3.02. The van der Waals surface area contributed by atoms with E-state index in [0.29, 0.717) is 12.0 Å². The van der Waals surface area contributed by atoms with Crippen molar-refractivity contribution in [3.63, 3.8) is 0 Å². The smallest absolute Gasteiger partial charge is 0.244 e. The lowest BCUT2D eigenvalue weighted by Gasteiger charge is -2.44. The summed E-state index contributed by atoms with van der Waals surface area (Å²) < 4.78 is 0. The number of carbonyl (C=O) groups excluding carboxylic acids is 1. The van der Waals surface area contributed by atoms with E-state index in [4.69, 9.17) is 5.73 Å². The molecule has 2 bridgehead atoms. The molecule has 1 aromatic carbocycles. The Kier molecular flexibility index (Phi) is 3.74. The van der Waals surface area contributed by atoms with Gasteiger partial charge in [-0.25, -0.2) is 0 Å². The molecule has 20 heavy (non-hydrogen) atoms. The molecule has 4 nitrogen and oxygen atoms in total. The summed E-state index contributed by atoms with van der Waals surface area (Å²) in [5.41, 5.74) is 7.36. The predicted molar refractivity (Wildman–Crippen MR) is 81.0 cm³/mol. The number of nitrogens with one attached hydrogen (secondary N) is 1. The van der Waals surface area contributed by atoms with E-state index in [1.807, 2.05) is 30.3 Å². The van der Waals surface area contributed by atoms with E-state index in [0.717, 1.165) is 17.8 Å². The predicted octanol–water partition coefficient (Wildman–Crippen LogP) is 1.49. The van der Waals surface area contributed by atoms with Crippen molar-refractivity contribution in [3.05, 3.63) is 35.9 Å². The second-order valence-electron chi connectivity index (χ2n) is 5.75. The molecule has 3 N–H and O–H groups in total. The maximum Gasteiger partial charge on any atom is 0.244 e. The standard InChI is InChI=1S/C16H21N3O/c17-14-4-1-12(2-5-14)3-6-16(20)18-15-11-19-9-7-13(15)8-10-19/h1-6,13,15H,7-11,17H2,(H,18,20)/b6-3+/t15-/m0/s1. The van der Waals surface area contributed by atoms with Crippen LogP contribution >= 0.6 is 0 Å². The first kappa shape index (κ1) is 13.2. The number of carbonyl (C=O) groups is 1. The molecule has 1 atom stereocenters. The number of nitrogens with zero attached hydrogens (tertiary/aromatic N) is 1. The minimum atomic E-state index is 0.000532. The van der Waals surface area contributed by atoms with Crippen LogP contribution in [0.2, 0.25) is 0 Å². The number of nitrogens with two attached hydrogens (primary N) is 1. The molecule has 0 aliphatic carbocycles. The van der Waals surface area contributed by atoms with E-state index < -0.39 is 0 Å². The first-order chi connectivity index (χ1) is 9.70. The van der Waals surface area contributed by atoms with Crippen LogP contribution in [-0.2, 0) is 4.79 Å². The quantitative estimate of drug-likeness (QED) is 0.647. The first-order valence-electron chi connectivity index (χ1n) is 7.27. The molecule has 3 fully saturated rings. The number of anilines is 1. The maximum atomic E-state index is 12.0. The van der Waals surface area contributed by atoms with Gasteiger partial charge >= 0.3 is 0 Å². The van der Waals surface area contributed by atoms with Gasteiger partial charge in [-0.2, -0.15) is 0 Å². The van der Waals surface area contributed by atoms with Gasteiger partial charge in [-0.3, -0.25) is 4.79 Å². The second-order valence-corrected chi connectivity index (χ2v) is 5.75. The van der Waals surface area contributed by atoms with Gasteiger partial charge in [0, 0.05) is 24.4 Å². The summed E-state index contributed by atoms with van der Waals surface area (Å²) in [4.78, 5) is 14.4. The third-order valence-corrected chi connectivity index (χ3v) is 4.35. The molecule has 0 spiro atoms. The van der Waals surface area contributed by atoms with Crippen LogP contribution in [0.25, 0.3) is 6.08 Å².